The number of hydrogen-bond acceptors (Lipinski definition) is 5. The van der Waals surface area contributed by atoms with Gasteiger partial charge in [-0.1, -0.05) is 0 Å². The molecule has 1 rings (SSSR count). The molecule has 0 aromatic heterocycles. The highest BCUT2D eigenvalue weighted by atomic mass is 32.2. The van der Waals surface area contributed by atoms with Gasteiger partial charge in [-0.15, -0.1) is 11.8 Å². The van der Waals surface area contributed by atoms with Crippen molar-refractivity contribution in [3.8, 4) is 0 Å². The maximum Gasteiger partial charge on any atom is 0.243 e. The molecule has 1 saturated heterocycles. The van der Waals surface area contributed by atoms with Crippen LogP contribution in [0.4, 0.5) is 0 Å². The highest BCUT2D eigenvalue weighted by Crippen LogP contribution is 2.24. The molecule has 17 heavy (non-hydrogen) atoms. The lowest BCUT2D eigenvalue weighted by Gasteiger charge is -2.12. The molecule has 0 aromatic rings. The third-order valence-corrected chi connectivity index (χ3v) is 3.48. The van der Waals surface area contributed by atoms with Crippen LogP contribution in [0.15, 0.2) is 0 Å². The van der Waals surface area contributed by atoms with Crippen molar-refractivity contribution in [2.24, 2.45) is 0 Å². The van der Waals surface area contributed by atoms with Crippen LogP contribution in [-0.2, 0) is 19.2 Å². The number of amides is 3. The number of nitrogens with one attached hydrogen (secondary N) is 1. The monoisotopic (exact) mass is 258 g/mol. The molecular weight excluding hydrogens is 244 g/mol. The first kappa shape index (κ1) is 13.7. The second-order valence-corrected chi connectivity index (χ2v) is 4.89. The fourth-order valence-electron chi connectivity index (χ4n) is 1.42. The van der Waals surface area contributed by atoms with Gasteiger partial charge in [-0.25, -0.2) is 0 Å². The second-order valence-electron chi connectivity index (χ2n) is 3.70. The number of rotatable bonds is 5. The molecule has 1 atom stereocenters. The minimum atomic E-state index is -0.542. The third-order valence-electron chi connectivity index (χ3n) is 2.28. The smallest absolute Gasteiger partial charge is 0.243 e. The van der Waals surface area contributed by atoms with Crippen LogP contribution < -0.4 is 5.32 Å². The standard InChI is InChI=1S/C10H14N2O4S/c1-6(13)4-12-9(15)3-7(10(12)16)17-5-8(14)11-2/h7H,3-5H2,1-2H3,(H,11,14). The Morgan fingerprint density at radius 1 is 1.47 bits per heavy atom. The molecule has 1 aliphatic heterocycles. The van der Waals surface area contributed by atoms with Gasteiger partial charge in [0.1, 0.15) is 5.78 Å². The normalized spacial score (nSPS) is 19.6. The van der Waals surface area contributed by atoms with Crippen LogP contribution in [0.2, 0.25) is 0 Å². The van der Waals surface area contributed by atoms with Crippen molar-refractivity contribution < 1.29 is 19.2 Å². The first-order valence-electron chi connectivity index (χ1n) is 5.11. The van der Waals surface area contributed by atoms with Crippen molar-refractivity contribution in [3.05, 3.63) is 0 Å². The molecule has 0 bridgehead atoms. The topological polar surface area (TPSA) is 83.6 Å². The van der Waals surface area contributed by atoms with Crippen LogP contribution in [0, 0.1) is 0 Å². The fourth-order valence-corrected chi connectivity index (χ4v) is 2.45. The summed E-state index contributed by atoms with van der Waals surface area (Å²) in [5, 5.41) is 1.89. The Balaban J connectivity index is 2.55. The van der Waals surface area contributed by atoms with E-state index in [9.17, 15) is 19.2 Å². The minimum Gasteiger partial charge on any atom is -0.358 e. The van der Waals surface area contributed by atoms with Crippen LogP contribution in [-0.4, -0.2) is 53.0 Å². The summed E-state index contributed by atoms with van der Waals surface area (Å²) in [6, 6.07) is 0. The summed E-state index contributed by atoms with van der Waals surface area (Å²) in [7, 11) is 1.51. The van der Waals surface area contributed by atoms with Crippen LogP contribution in [0.25, 0.3) is 0 Å². The predicted molar refractivity (Wildman–Crippen MR) is 62.3 cm³/mol. The molecule has 1 N–H and O–H groups in total. The maximum absolute atomic E-state index is 11.8. The Hall–Kier alpha value is -1.37. The summed E-state index contributed by atoms with van der Waals surface area (Å²) >= 11 is 1.12. The molecule has 0 spiro atoms. The number of nitrogens with zero attached hydrogens (tertiary/aromatic N) is 1. The first-order chi connectivity index (χ1) is 7.95. The quantitative estimate of drug-likeness (QED) is 0.652. The van der Waals surface area contributed by atoms with Gasteiger partial charge in [0.2, 0.25) is 17.7 Å². The molecular formula is C10H14N2O4S. The number of Topliss-reactive ketones (excluding diaryl/α,β-unsaturated/α-hetero) is 1. The molecule has 0 radical (unpaired) electrons. The van der Waals surface area contributed by atoms with Crippen LogP contribution >= 0.6 is 11.8 Å². The van der Waals surface area contributed by atoms with E-state index < -0.39 is 5.25 Å². The van der Waals surface area contributed by atoms with Crippen LogP contribution in [0.5, 0.6) is 0 Å². The number of hydrogen-bond donors (Lipinski definition) is 1. The largest absolute Gasteiger partial charge is 0.358 e. The van der Waals surface area contributed by atoms with Crippen molar-refractivity contribution in [1.82, 2.24) is 10.2 Å². The van der Waals surface area contributed by atoms with Gasteiger partial charge in [-0.05, 0) is 6.92 Å². The molecule has 1 heterocycles. The summed E-state index contributed by atoms with van der Waals surface area (Å²) in [6.07, 6.45) is 0.0633. The number of thioether (sulfide) groups is 1. The molecule has 1 fully saturated rings. The molecule has 1 unspecified atom stereocenters. The lowest BCUT2D eigenvalue weighted by molar-refractivity contribution is -0.141. The van der Waals surface area contributed by atoms with E-state index >= 15 is 0 Å². The Morgan fingerprint density at radius 3 is 2.65 bits per heavy atom. The summed E-state index contributed by atoms with van der Waals surface area (Å²) in [5.74, 6) is -1.02. The first-order valence-corrected chi connectivity index (χ1v) is 6.16. The summed E-state index contributed by atoms with van der Waals surface area (Å²) in [4.78, 5) is 46.1. The molecule has 6 nitrogen and oxygen atoms in total. The minimum absolute atomic E-state index is 0.0633. The van der Waals surface area contributed by atoms with Gasteiger partial charge in [0.05, 0.1) is 17.5 Å². The van der Waals surface area contributed by atoms with Gasteiger partial charge >= 0.3 is 0 Å². The highest BCUT2D eigenvalue weighted by Gasteiger charge is 2.39. The van der Waals surface area contributed by atoms with Crippen molar-refractivity contribution in [3.63, 3.8) is 0 Å². The molecule has 7 heteroatoms. The lowest BCUT2D eigenvalue weighted by Crippen LogP contribution is -2.35. The molecule has 0 aromatic carbocycles. The number of carbonyl (C=O) groups is 4. The number of ketones is 1. The summed E-state index contributed by atoms with van der Waals surface area (Å²) in [5.41, 5.74) is 0. The van der Waals surface area contributed by atoms with Gasteiger partial charge in [0.15, 0.2) is 0 Å². The Bertz CT molecular complexity index is 369. The fraction of sp³-hybridized carbons (Fsp3) is 0.600. The van der Waals surface area contributed by atoms with E-state index in [1.807, 2.05) is 0 Å². The zero-order valence-corrected chi connectivity index (χ0v) is 10.5. The van der Waals surface area contributed by atoms with E-state index in [0.29, 0.717) is 0 Å². The van der Waals surface area contributed by atoms with Gasteiger partial charge in [0, 0.05) is 13.5 Å². The van der Waals surface area contributed by atoms with Crippen molar-refractivity contribution in [1.29, 1.82) is 0 Å². The van der Waals surface area contributed by atoms with E-state index in [0.717, 1.165) is 16.7 Å². The second kappa shape index (κ2) is 5.81. The van der Waals surface area contributed by atoms with Crippen LogP contribution in [0.1, 0.15) is 13.3 Å². The SMILES string of the molecule is CNC(=O)CSC1CC(=O)N(CC(C)=O)C1=O. The third kappa shape index (κ3) is 3.55. The summed E-state index contributed by atoms with van der Waals surface area (Å²) in [6.45, 7) is 1.15. The zero-order valence-electron chi connectivity index (χ0n) is 9.69. The van der Waals surface area contributed by atoms with Gasteiger partial charge < -0.3 is 5.32 Å². The average molecular weight is 258 g/mol. The van der Waals surface area contributed by atoms with Crippen LogP contribution in [0.3, 0.4) is 0 Å². The highest BCUT2D eigenvalue weighted by molar-refractivity contribution is 8.01. The molecule has 1 aliphatic rings. The van der Waals surface area contributed by atoms with E-state index in [-0.39, 0.29) is 42.2 Å². The molecule has 0 saturated carbocycles. The predicted octanol–water partition coefficient (Wildman–Crippen LogP) is -0.818. The van der Waals surface area contributed by atoms with Gasteiger partial charge in [-0.2, -0.15) is 0 Å². The Labute approximate surface area is 103 Å². The Kier molecular flexibility index (Phi) is 4.68. The molecule has 94 valence electrons. The van der Waals surface area contributed by atoms with Crippen molar-refractivity contribution >= 4 is 35.3 Å². The average Bonchev–Trinajstić information content (AvgIpc) is 2.53. The van der Waals surface area contributed by atoms with Gasteiger partial charge in [-0.3, -0.25) is 24.1 Å². The van der Waals surface area contributed by atoms with E-state index in [2.05, 4.69) is 5.32 Å². The van der Waals surface area contributed by atoms with E-state index in [1.165, 1.54) is 14.0 Å². The lowest BCUT2D eigenvalue weighted by atomic mass is 10.4. The molecule has 0 aliphatic carbocycles. The van der Waals surface area contributed by atoms with Crippen molar-refractivity contribution in [2.45, 2.75) is 18.6 Å². The van der Waals surface area contributed by atoms with E-state index in [1.54, 1.807) is 0 Å². The zero-order chi connectivity index (χ0) is 13.0. The number of likely N-dealkylation sites (tertiary alicyclic amines) is 1. The summed E-state index contributed by atoms with van der Waals surface area (Å²) < 4.78 is 0. The van der Waals surface area contributed by atoms with Gasteiger partial charge in [0.25, 0.3) is 0 Å². The van der Waals surface area contributed by atoms with E-state index in [4.69, 9.17) is 0 Å². The number of imide groups is 1. The Morgan fingerprint density at radius 2 is 2.12 bits per heavy atom. The maximum atomic E-state index is 11.8. The number of carbonyl (C=O) groups excluding carboxylic acids is 4. The molecule has 3 amide bonds. The van der Waals surface area contributed by atoms with Crippen molar-refractivity contribution in [2.75, 3.05) is 19.3 Å².